The maximum Gasteiger partial charge on any atom is 0.308 e. The monoisotopic (exact) mass is 228 g/mol. The molecule has 0 bridgehead atoms. The second-order valence-corrected chi connectivity index (χ2v) is 3.31. The van der Waals surface area contributed by atoms with E-state index in [0.29, 0.717) is 5.75 Å². The Morgan fingerprint density at radius 3 is 2.75 bits per heavy atom. The van der Waals surface area contributed by atoms with Crippen LogP contribution in [0.5, 0.6) is 5.75 Å². The van der Waals surface area contributed by atoms with Crippen LogP contribution in [0.3, 0.4) is 0 Å². The highest BCUT2D eigenvalue weighted by atomic mass is 79.9. The Labute approximate surface area is 79.7 Å². The molecule has 2 nitrogen and oxygen atoms in total. The Morgan fingerprint density at radius 1 is 1.50 bits per heavy atom. The van der Waals surface area contributed by atoms with Gasteiger partial charge in [-0.1, -0.05) is 22.0 Å². The molecule has 0 saturated heterocycles. The summed E-state index contributed by atoms with van der Waals surface area (Å²) in [5, 5.41) is 0. The lowest BCUT2D eigenvalue weighted by Crippen LogP contribution is -2.02. The molecule has 0 aliphatic carbocycles. The summed E-state index contributed by atoms with van der Waals surface area (Å²) in [5.41, 5.74) is 0.938. The molecule has 64 valence electrons. The molecule has 0 atom stereocenters. The van der Waals surface area contributed by atoms with Crippen LogP contribution in [0.2, 0.25) is 0 Å². The molecule has 0 fully saturated rings. The second kappa shape index (κ2) is 3.72. The van der Waals surface area contributed by atoms with Gasteiger partial charge in [-0.15, -0.1) is 0 Å². The molecule has 0 radical (unpaired) electrons. The summed E-state index contributed by atoms with van der Waals surface area (Å²) in [4.78, 5) is 10.6. The van der Waals surface area contributed by atoms with Crippen molar-refractivity contribution in [2.24, 2.45) is 0 Å². The minimum absolute atomic E-state index is 0.295. The molecular weight excluding hydrogens is 220 g/mol. The summed E-state index contributed by atoms with van der Waals surface area (Å²) >= 11 is 3.34. The predicted molar refractivity (Wildman–Crippen MR) is 50.2 cm³/mol. The van der Waals surface area contributed by atoms with Crippen molar-refractivity contribution in [3.63, 3.8) is 0 Å². The van der Waals surface area contributed by atoms with E-state index in [4.69, 9.17) is 4.74 Å². The van der Waals surface area contributed by atoms with E-state index in [1.54, 1.807) is 6.07 Å². The van der Waals surface area contributed by atoms with Gasteiger partial charge in [-0.25, -0.2) is 0 Å². The fourth-order valence-corrected chi connectivity index (χ4v) is 1.20. The smallest absolute Gasteiger partial charge is 0.308 e. The Balaban J connectivity index is 3.00. The van der Waals surface area contributed by atoms with Crippen LogP contribution < -0.4 is 4.74 Å². The lowest BCUT2D eigenvalue weighted by Gasteiger charge is -2.05. The van der Waals surface area contributed by atoms with Gasteiger partial charge in [-0.05, 0) is 19.1 Å². The van der Waals surface area contributed by atoms with Crippen molar-refractivity contribution in [1.29, 1.82) is 0 Å². The average Bonchev–Trinajstić information content (AvgIpc) is 1.98. The molecule has 0 amide bonds. The Morgan fingerprint density at radius 2 is 2.17 bits per heavy atom. The van der Waals surface area contributed by atoms with Crippen molar-refractivity contribution >= 4 is 21.9 Å². The molecular formula is C9H9BrO2. The topological polar surface area (TPSA) is 26.3 Å². The van der Waals surface area contributed by atoms with Gasteiger partial charge in [0.25, 0.3) is 0 Å². The maximum absolute atomic E-state index is 10.6. The fourth-order valence-electron chi connectivity index (χ4n) is 0.853. The number of rotatable bonds is 1. The summed E-state index contributed by atoms with van der Waals surface area (Å²) in [7, 11) is 0. The van der Waals surface area contributed by atoms with E-state index in [-0.39, 0.29) is 5.97 Å². The van der Waals surface area contributed by atoms with Crippen LogP contribution in [0.1, 0.15) is 12.5 Å². The molecule has 1 rings (SSSR count). The van der Waals surface area contributed by atoms with Gasteiger partial charge in [0.05, 0.1) is 0 Å². The Bertz CT molecular complexity index is 307. The third-order valence-electron chi connectivity index (χ3n) is 1.47. The van der Waals surface area contributed by atoms with Crippen LogP contribution in [0, 0.1) is 6.92 Å². The largest absolute Gasteiger partial charge is 0.426 e. The van der Waals surface area contributed by atoms with Crippen molar-refractivity contribution < 1.29 is 9.53 Å². The van der Waals surface area contributed by atoms with Crippen molar-refractivity contribution in [3.05, 3.63) is 28.2 Å². The third-order valence-corrected chi connectivity index (χ3v) is 2.33. The van der Waals surface area contributed by atoms with E-state index in [1.165, 1.54) is 6.92 Å². The summed E-state index contributed by atoms with van der Waals surface area (Å²) in [5.74, 6) is 0.313. The first-order chi connectivity index (χ1) is 5.61. The van der Waals surface area contributed by atoms with Gasteiger partial charge >= 0.3 is 5.97 Å². The molecule has 0 saturated carbocycles. The van der Waals surface area contributed by atoms with Crippen LogP contribution in [0.15, 0.2) is 22.7 Å². The highest BCUT2D eigenvalue weighted by Gasteiger charge is 2.03. The highest BCUT2D eigenvalue weighted by Crippen LogP contribution is 2.25. The van der Waals surface area contributed by atoms with Gasteiger partial charge in [0.15, 0.2) is 0 Å². The minimum atomic E-state index is -0.295. The first kappa shape index (κ1) is 9.26. The fraction of sp³-hybridized carbons (Fsp3) is 0.222. The summed E-state index contributed by atoms with van der Waals surface area (Å²) in [6.45, 7) is 3.28. The first-order valence-corrected chi connectivity index (χ1v) is 4.34. The van der Waals surface area contributed by atoms with E-state index in [1.807, 2.05) is 19.1 Å². The van der Waals surface area contributed by atoms with Crippen LogP contribution in [-0.2, 0) is 4.79 Å². The number of carbonyl (C=O) groups is 1. The van der Waals surface area contributed by atoms with E-state index < -0.39 is 0 Å². The molecule has 0 aliphatic heterocycles. The summed E-state index contributed by atoms with van der Waals surface area (Å²) in [6, 6.07) is 5.50. The summed E-state index contributed by atoms with van der Waals surface area (Å²) in [6.07, 6.45) is 0. The predicted octanol–water partition coefficient (Wildman–Crippen LogP) is 2.68. The van der Waals surface area contributed by atoms with Crippen LogP contribution in [0.4, 0.5) is 0 Å². The van der Waals surface area contributed by atoms with Crippen molar-refractivity contribution in [1.82, 2.24) is 0 Å². The number of benzene rings is 1. The SMILES string of the molecule is CC(=O)Oc1cccc(Br)c1C. The number of ether oxygens (including phenoxy) is 1. The Hall–Kier alpha value is -0.830. The number of hydrogen-bond donors (Lipinski definition) is 0. The second-order valence-electron chi connectivity index (χ2n) is 2.46. The molecule has 0 heterocycles. The normalized spacial score (nSPS) is 9.58. The van der Waals surface area contributed by atoms with E-state index >= 15 is 0 Å². The van der Waals surface area contributed by atoms with Crippen molar-refractivity contribution in [2.75, 3.05) is 0 Å². The van der Waals surface area contributed by atoms with Gasteiger partial charge in [0.1, 0.15) is 5.75 Å². The number of esters is 1. The quantitative estimate of drug-likeness (QED) is 0.546. The highest BCUT2D eigenvalue weighted by molar-refractivity contribution is 9.10. The zero-order chi connectivity index (χ0) is 9.14. The lowest BCUT2D eigenvalue weighted by atomic mass is 10.2. The number of carbonyl (C=O) groups excluding carboxylic acids is 1. The van der Waals surface area contributed by atoms with Gasteiger partial charge in [0.2, 0.25) is 0 Å². The average molecular weight is 229 g/mol. The van der Waals surface area contributed by atoms with Gasteiger partial charge < -0.3 is 4.74 Å². The van der Waals surface area contributed by atoms with Gasteiger partial charge in [-0.3, -0.25) is 4.79 Å². The zero-order valence-corrected chi connectivity index (χ0v) is 8.51. The lowest BCUT2D eigenvalue weighted by molar-refractivity contribution is -0.131. The molecule has 1 aromatic rings. The minimum Gasteiger partial charge on any atom is -0.426 e. The van der Waals surface area contributed by atoms with Gasteiger partial charge in [-0.2, -0.15) is 0 Å². The molecule has 0 N–H and O–H groups in total. The zero-order valence-electron chi connectivity index (χ0n) is 6.93. The third kappa shape index (κ3) is 2.08. The Kier molecular flexibility index (Phi) is 2.87. The van der Waals surface area contributed by atoms with Crippen LogP contribution in [0.25, 0.3) is 0 Å². The molecule has 0 unspecified atom stereocenters. The first-order valence-electron chi connectivity index (χ1n) is 3.55. The molecule has 0 aliphatic rings. The van der Waals surface area contributed by atoms with E-state index in [0.717, 1.165) is 10.0 Å². The van der Waals surface area contributed by atoms with Crippen molar-refractivity contribution in [3.8, 4) is 5.75 Å². The van der Waals surface area contributed by atoms with E-state index in [2.05, 4.69) is 15.9 Å². The molecule has 0 aromatic heterocycles. The van der Waals surface area contributed by atoms with Crippen molar-refractivity contribution in [2.45, 2.75) is 13.8 Å². The molecule has 0 spiro atoms. The van der Waals surface area contributed by atoms with Gasteiger partial charge in [0, 0.05) is 17.0 Å². The van der Waals surface area contributed by atoms with Crippen LogP contribution >= 0.6 is 15.9 Å². The van der Waals surface area contributed by atoms with E-state index in [9.17, 15) is 4.79 Å². The number of hydrogen-bond acceptors (Lipinski definition) is 2. The number of halogens is 1. The van der Waals surface area contributed by atoms with Crippen LogP contribution in [-0.4, -0.2) is 5.97 Å². The molecule has 3 heteroatoms. The molecule has 12 heavy (non-hydrogen) atoms. The standard InChI is InChI=1S/C9H9BrO2/c1-6-8(10)4-3-5-9(6)12-7(2)11/h3-5H,1-2H3. The summed E-state index contributed by atoms with van der Waals surface area (Å²) < 4.78 is 5.90. The molecule has 1 aromatic carbocycles. The maximum atomic E-state index is 10.6.